The van der Waals surface area contributed by atoms with Gasteiger partial charge in [0.05, 0.1) is 33.4 Å². The minimum Gasteiger partial charge on any atom is -1.00 e. The molecule has 6 heteroatoms. The average molecular weight is 391 g/mol. The van der Waals surface area contributed by atoms with Gasteiger partial charge in [-0.05, 0) is 31.7 Å². The lowest BCUT2D eigenvalue weighted by Crippen LogP contribution is -3.00. The van der Waals surface area contributed by atoms with E-state index in [1.165, 1.54) is 19.2 Å². The van der Waals surface area contributed by atoms with E-state index in [1.807, 2.05) is 13.0 Å². The molecular weight excluding hydrogens is 363 g/mol. The highest BCUT2D eigenvalue weighted by molar-refractivity contribution is 5.28. The Labute approximate surface area is 149 Å². The first-order valence-electron chi connectivity index (χ1n) is 7.97. The third-order valence-corrected chi connectivity index (χ3v) is 4.39. The van der Waals surface area contributed by atoms with Gasteiger partial charge in [0.15, 0.2) is 11.6 Å². The van der Waals surface area contributed by atoms with Crippen LogP contribution in [0.3, 0.4) is 0 Å². The maximum absolute atomic E-state index is 13.6. The van der Waals surface area contributed by atoms with Gasteiger partial charge in [0.25, 0.3) is 0 Å². The number of rotatable bonds is 7. The quantitative estimate of drug-likeness (QED) is 0.437. The molecule has 1 heterocycles. The van der Waals surface area contributed by atoms with Gasteiger partial charge in [-0.15, -0.1) is 0 Å². The summed E-state index contributed by atoms with van der Waals surface area (Å²) in [5.41, 5.74) is 0.894. The van der Waals surface area contributed by atoms with Gasteiger partial charge in [0.1, 0.15) is 13.2 Å². The number of halogens is 2. The van der Waals surface area contributed by atoms with Gasteiger partial charge in [-0.25, -0.2) is 4.39 Å². The summed E-state index contributed by atoms with van der Waals surface area (Å²) in [5.74, 6) is -0.0113. The average Bonchev–Trinajstić information content (AvgIpc) is 2.48. The molecule has 0 aromatic heterocycles. The number of hydrogen-bond donors (Lipinski definition) is 0. The van der Waals surface area contributed by atoms with Crippen molar-refractivity contribution in [3.8, 4) is 5.75 Å². The second-order valence-electron chi connectivity index (χ2n) is 6.49. The molecule has 4 nitrogen and oxygen atoms in total. The molecule has 1 aliphatic rings. The van der Waals surface area contributed by atoms with Crippen molar-refractivity contribution >= 4 is 0 Å². The van der Waals surface area contributed by atoms with E-state index in [-0.39, 0.29) is 22.8 Å². The molecule has 0 aliphatic carbocycles. The van der Waals surface area contributed by atoms with E-state index in [4.69, 9.17) is 9.47 Å². The van der Waals surface area contributed by atoms with E-state index in [0.717, 1.165) is 36.3 Å². The third-order valence-electron chi connectivity index (χ3n) is 4.39. The molecule has 0 bridgehead atoms. The summed E-state index contributed by atoms with van der Waals surface area (Å²) in [7, 11) is 4.45. The molecule has 23 heavy (non-hydrogen) atoms. The second kappa shape index (κ2) is 9.57. The fourth-order valence-corrected chi connectivity index (χ4v) is 2.59. The third kappa shape index (κ3) is 6.75. The lowest BCUT2D eigenvalue weighted by atomic mass is 10.2. The molecular formula is C17H28BrFN2O2. The van der Waals surface area contributed by atoms with E-state index >= 15 is 0 Å². The monoisotopic (exact) mass is 390 g/mol. The molecule has 1 aromatic carbocycles. The minimum absolute atomic E-state index is 0. The topological polar surface area (TPSA) is 21.7 Å². The predicted molar refractivity (Wildman–Crippen MR) is 85.7 cm³/mol. The molecule has 1 aromatic rings. The molecule has 0 unspecified atom stereocenters. The Morgan fingerprint density at radius 3 is 2.52 bits per heavy atom. The van der Waals surface area contributed by atoms with Crippen molar-refractivity contribution in [2.24, 2.45) is 0 Å². The van der Waals surface area contributed by atoms with E-state index in [0.29, 0.717) is 19.0 Å². The van der Waals surface area contributed by atoms with Crippen LogP contribution in [-0.4, -0.2) is 76.0 Å². The van der Waals surface area contributed by atoms with Crippen LogP contribution in [0.2, 0.25) is 0 Å². The lowest BCUT2D eigenvalue weighted by Gasteiger charge is -2.40. The summed E-state index contributed by atoms with van der Waals surface area (Å²) in [6, 6.07) is 4.99. The van der Waals surface area contributed by atoms with Crippen molar-refractivity contribution in [2.45, 2.75) is 6.92 Å². The minimum atomic E-state index is -0.310. The Kier molecular flexibility index (Phi) is 8.47. The standard InChI is InChI=1S/C17H28FN2O2.BrH/c1-15-4-5-17(16(18)14-15)22-13-12-21-11-10-20(3)8-6-19(2)7-9-20;/h4-5,14H,6-13H2,1-3H3;1H/q+1;/p-1. The highest BCUT2D eigenvalue weighted by Gasteiger charge is 2.26. The number of ether oxygens (including phenoxy) is 2. The Hall–Kier alpha value is -0.690. The van der Waals surface area contributed by atoms with Crippen LogP contribution in [0.4, 0.5) is 4.39 Å². The fourth-order valence-electron chi connectivity index (χ4n) is 2.59. The molecule has 0 spiro atoms. The van der Waals surface area contributed by atoms with Crippen molar-refractivity contribution in [3.63, 3.8) is 0 Å². The van der Waals surface area contributed by atoms with E-state index < -0.39 is 0 Å². The number of likely N-dealkylation sites (N-methyl/N-ethyl adjacent to an activating group) is 2. The van der Waals surface area contributed by atoms with Crippen LogP contribution in [0.1, 0.15) is 5.56 Å². The Morgan fingerprint density at radius 2 is 1.87 bits per heavy atom. The molecule has 1 saturated heterocycles. The fraction of sp³-hybridized carbons (Fsp3) is 0.647. The van der Waals surface area contributed by atoms with E-state index in [1.54, 1.807) is 6.07 Å². The second-order valence-corrected chi connectivity index (χ2v) is 6.49. The van der Waals surface area contributed by atoms with E-state index in [9.17, 15) is 4.39 Å². The van der Waals surface area contributed by atoms with Crippen LogP contribution < -0.4 is 21.7 Å². The smallest absolute Gasteiger partial charge is 0.165 e. The number of nitrogens with zero attached hydrogens (tertiary/aromatic N) is 2. The number of quaternary nitrogens is 1. The molecule has 0 atom stereocenters. The van der Waals surface area contributed by atoms with Crippen molar-refractivity contribution in [2.75, 3.05) is 66.6 Å². The first kappa shape index (κ1) is 20.4. The highest BCUT2D eigenvalue weighted by atomic mass is 79.9. The Morgan fingerprint density at radius 1 is 1.17 bits per heavy atom. The van der Waals surface area contributed by atoms with Crippen LogP contribution in [-0.2, 0) is 4.74 Å². The van der Waals surface area contributed by atoms with Crippen molar-refractivity contribution in [3.05, 3.63) is 29.6 Å². The molecule has 132 valence electrons. The molecule has 0 N–H and O–H groups in total. The zero-order valence-corrected chi connectivity index (χ0v) is 15.9. The summed E-state index contributed by atoms with van der Waals surface area (Å²) < 4.78 is 25.7. The first-order chi connectivity index (χ1) is 10.5. The van der Waals surface area contributed by atoms with Gasteiger partial charge in [-0.3, -0.25) is 4.90 Å². The number of aryl methyl sites for hydroxylation is 1. The summed E-state index contributed by atoms with van der Waals surface area (Å²) >= 11 is 0. The van der Waals surface area contributed by atoms with Gasteiger partial charge in [0.2, 0.25) is 0 Å². The van der Waals surface area contributed by atoms with Gasteiger partial charge in [0, 0.05) is 13.1 Å². The zero-order valence-electron chi connectivity index (χ0n) is 14.4. The first-order valence-corrected chi connectivity index (χ1v) is 7.97. The number of benzene rings is 1. The largest absolute Gasteiger partial charge is 1.00 e. The van der Waals surface area contributed by atoms with Crippen LogP contribution in [0.15, 0.2) is 18.2 Å². The zero-order chi connectivity index (χ0) is 16.0. The van der Waals surface area contributed by atoms with Crippen molar-refractivity contribution in [1.82, 2.24) is 4.90 Å². The normalized spacial score (nSPS) is 17.6. The van der Waals surface area contributed by atoms with Gasteiger partial charge in [-0.1, -0.05) is 6.07 Å². The van der Waals surface area contributed by atoms with Gasteiger partial charge in [-0.2, -0.15) is 0 Å². The van der Waals surface area contributed by atoms with E-state index in [2.05, 4.69) is 19.0 Å². The molecule has 0 radical (unpaired) electrons. The summed E-state index contributed by atoms with van der Waals surface area (Å²) in [6.45, 7) is 9.11. The van der Waals surface area contributed by atoms with Crippen LogP contribution in [0.5, 0.6) is 5.75 Å². The van der Waals surface area contributed by atoms with Gasteiger partial charge < -0.3 is 30.9 Å². The molecule has 0 amide bonds. The summed E-state index contributed by atoms with van der Waals surface area (Å²) in [4.78, 5) is 2.37. The maximum atomic E-state index is 13.6. The predicted octanol–water partition coefficient (Wildman–Crippen LogP) is -1.07. The lowest BCUT2D eigenvalue weighted by molar-refractivity contribution is -0.913. The van der Waals surface area contributed by atoms with Crippen LogP contribution in [0.25, 0.3) is 0 Å². The molecule has 1 fully saturated rings. The highest BCUT2D eigenvalue weighted by Crippen LogP contribution is 2.17. The summed E-state index contributed by atoms with van der Waals surface area (Å²) in [5, 5.41) is 0. The van der Waals surface area contributed by atoms with Crippen molar-refractivity contribution in [1.29, 1.82) is 0 Å². The Bertz CT molecular complexity index is 480. The van der Waals surface area contributed by atoms with Gasteiger partial charge >= 0.3 is 0 Å². The van der Waals surface area contributed by atoms with Crippen LogP contribution in [0, 0.1) is 12.7 Å². The van der Waals surface area contributed by atoms with Crippen molar-refractivity contribution < 1.29 is 35.3 Å². The molecule has 2 rings (SSSR count). The number of piperazine rings is 1. The SMILES string of the molecule is Cc1ccc(OCCOCC[N+]2(C)CCN(C)CC2)c(F)c1.[Br-]. The number of hydrogen-bond acceptors (Lipinski definition) is 3. The molecule has 0 saturated carbocycles. The molecule has 1 aliphatic heterocycles. The Balaban J connectivity index is 0.00000264. The van der Waals surface area contributed by atoms with Crippen LogP contribution >= 0.6 is 0 Å². The summed E-state index contributed by atoms with van der Waals surface area (Å²) in [6.07, 6.45) is 0. The maximum Gasteiger partial charge on any atom is 0.165 e.